The van der Waals surface area contributed by atoms with Crippen molar-refractivity contribution in [3.63, 3.8) is 0 Å². The lowest BCUT2D eigenvalue weighted by Gasteiger charge is -2.35. The maximum atomic E-state index is 12.2. The summed E-state index contributed by atoms with van der Waals surface area (Å²) in [6, 6.07) is 9.56. The zero-order chi connectivity index (χ0) is 18.5. The van der Waals surface area contributed by atoms with E-state index in [9.17, 15) is 9.59 Å². The molecule has 0 radical (unpaired) electrons. The number of nitrogens with one attached hydrogen (secondary N) is 1. The average molecular weight is 355 g/mol. The molecule has 1 aromatic heterocycles. The van der Waals surface area contributed by atoms with Crippen molar-refractivity contribution in [2.45, 2.75) is 13.3 Å². The highest BCUT2D eigenvalue weighted by Gasteiger charge is 2.19. The van der Waals surface area contributed by atoms with Crippen molar-refractivity contribution in [1.29, 1.82) is 0 Å². The fraction of sp³-hybridized carbons (Fsp3) is 0.421. The van der Waals surface area contributed by atoms with Gasteiger partial charge in [-0.05, 0) is 24.1 Å². The third-order valence-electron chi connectivity index (χ3n) is 4.70. The van der Waals surface area contributed by atoms with Gasteiger partial charge in [0.25, 0.3) is 5.56 Å². The van der Waals surface area contributed by atoms with Gasteiger partial charge in [0.15, 0.2) is 0 Å². The molecule has 2 aromatic rings. The van der Waals surface area contributed by atoms with Crippen LogP contribution in [-0.4, -0.2) is 53.3 Å². The second-order valence-electron chi connectivity index (χ2n) is 6.54. The number of aryl methyl sites for hydroxylation is 2. The van der Waals surface area contributed by atoms with E-state index in [2.05, 4.69) is 27.1 Å². The molecule has 1 aliphatic heterocycles. The molecule has 1 saturated heterocycles. The zero-order valence-corrected chi connectivity index (χ0v) is 15.3. The van der Waals surface area contributed by atoms with Crippen LogP contribution in [0.3, 0.4) is 0 Å². The van der Waals surface area contributed by atoms with E-state index in [0.29, 0.717) is 6.54 Å². The molecular weight excluding hydrogens is 330 g/mol. The molecule has 7 nitrogen and oxygen atoms in total. The van der Waals surface area contributed by atoms with Gasteiger partial charge in [0.1, 0.15) is 0 Å². The van der Waals surface area contributed by atoms with Crippen LogP contribution in [0.1, 0.15) is 12.5 Å². The Labute approximate surface area is 153 Å². The molecule has 3 rings (SSSR count). The summed E-state index contributed by atoms with van der Waals surface area (Å²) in [4.78, 5) is 28.2. The van der Waals surface area contributed by atoms with Crippen molar-refractivity contribution in [3.05, 3.63) is 52.4 Å². The van der Waals surface area contributed by atoms with E-state index in [-0.39, 0.29) is 11.5 Å². The predicted molar refractivity (Wildman–Crippen MR) is 103 cm³/mol. The lowest BCUT2D eigenvalue weighted by Crippen LogP contribution is -2.49. The normalized spacial score (nSPS) is 15.1. The van der Waals surface area contributed by atoms with Crippen LogP contribution in [0.15, 0.2) is 41.3 Å². The maximum Gasteiger partial charge on any atom is 0.268 e. The second kappa shape index (κ2) is 8.14. The van der Waals surface area contributed by atoms with E-state index >= 15 is 0 Å². The highest BCUT2D eigenvalue weighted by molar-refractivity contribution is 5.92. The summed E-state index contributed by atoms with van der Waals surface area (Å²) in [7, 11) is 1.64. The Balaban J connectivity index is 1.49. The second-order valence-corrected chi connectivity index (χ2v) is 6.54. The zero-order valence-electron chi connectivity index (χ0n) is 15.3. The van der Waals surface area contributed by atoms with Crippen molar-refractivity contribution < 1.29 is 4.79 Å². The standard InChI is InChI=1S/C19H25N5O2/c1-3-15-4-6-16(7-5-15)21-18(25)14-23-8-10-24(11-9-23)17-12-19(26)22(2)20-13-17/h4-7,12-13H,3,8-11,14H2,1-2H3,(H,21,25). The molecule has 0 spiro atoms. The van der Waals surface area contributed by atoms with Crippen LogP contribution in [0.2, 0.25) is 0 Å². The molecule has 1 amide bonds. The third-order valence-corrected chi connectivity index (χ3v) is 4.70. The van der Waals surface area contributed by atoms with Crippen LogP contribution in [0.5, 0.6) is 0 Å². The summed E-state index contributed by atoms with van der Waals surface area (Å²) >= 11 is 0. The minimum absolute atomic E-state index is 0.00190. The summed E-state index contributed by atoms with van der Waals surface area (Å²) in [6.45, 7) is 5.57. The Morgan fingerprint density at radius 1 is 1.15 bits per heavy atom. The van der Waals surface area contributed by atoms with Gasteiger partial charge in [0.2, 0.25) is 5.91 Å². The van der Waals surface area contributed by atoms with Crippen molar-refractivity contribution >= 4 is 17.3 Å². The van der Waals surface area contributed by atoms with Crippen LogP contribution in [0.25, 0.3) is 0 Å². The molecule has 1 fully saturated rings. The van der Waals surface area contributed by atoms with Crippen molar-refractivity contribution in [2.75, 3.05) is 42.9 Å². The van der Waals surface area contributed by atoms with E-state index in [1.807, 2.05) is 24.3 Å². The van der Waals surface area contributed by atoms with Crippen LogP contribution in [0.4, 0.5) is 11.4 Å². The Morgan fingerprint density at radius 3 is 2.46 bits per heavy atom. The summed E-state index contributed by atoms with van der Waals surface area (Å²) < 4.78 is 1.32. The van der Waals surface area contributed by atoms with Crippen molar-refractivity contribution in [3.8, 4) is 0 Å². The fourth-order valence-electron chi connectivity index (χ4n) is 3.02. The largest absolute Gasteiger partial charge is 0.368 e. The number of carbonyl (C=O) groups excluding carboxylic acids is 1. The Kier molecular flexibility index (Phi) is 5.68. The SMILES string of the molecule is CCc1ccc(NC(=O)CN2CCN(c3cnn(C)c(=O)c3)CC2)cc1. The molecular formula is C19H25N5O2. The van der Waals surface area contributed by atoms with Gasteiger partial charge in [-0.2, -0.15) is 5.10 Å². The molecule has 0 saturated carbocycles. The Bertz CT molecular complexity index is 807. The van der Waals surface area contributed by atoms with Crippen molar-refractivity contribution in [1.82, 2.24) is 14.7 Å². The molecule has 1 N–H and O–H groups in total. The maximum absolute atomic E-state index is 12.2. The minimum atomic E-state index is -0.113. The van der Waals surface area contributed by atoms with Gasteiger partial charge in [-0.25, -0.2) is 4.68 Å². The molecule has 0 atom stereocenters. The van der Waals surface area contributed by atoms with Gasteiger partial charge in [0, 0.05) is 45.0 Å². The van der Waals surface area contributed by atoms with Gasteiger partial charge in [-0.1, -0.05) is 19.1 Å². The van der Waals surface area contributed by atoms with Gasteiger partial charge in [-0.15, -0.1) is 0 Å². The van der Waals surface area contributed by atoms with E-state index in [4.69, 9.17) is 0 Å². The molecule has 1 aliphatic rings. The number of hydrogen-bond donors (Lipinski definition) is 1. The van der Waals surface area contributed by atoms with Crippen LogP contribution >= 0.6 is 0 Å². The number of carbonyl (C=O) groups is 1. The average Bonchev–Trinajstić information content (AvgIpc) is 2.65. The number of hydrogen-bond acceptors (Lipinski definition) is 5. The molecule has 1 aromatic carbocycles. The predicted octanol–water partition coefficient (Wildman–Crippen LogP) is 1.10. The van der Waals surface area contributed by atoms with E-state index < -0.39 is 0 Å². The Hall–Kier alpha value is -2.67. The number of anilines is 2. The molecule has 0 unspecified atom stereocenters. The number of amides is 1. The van der Waals surface area contributed by atoms with E-state index in [1.54, 1.807) is 19.3 Å². The van der Waals surface area contributed by atoms with Gasteiger partial charge >= 0.3 is 0 Å². The van der Waals surface area contributed by atoms with Gasteiger partial charge < -0.3 is 10.2 Å². The monoisotopic (exact) mass is 355 g/mol. The number of benzene rings is 1. The van der Waals surface area contributed by atoms with Gasteiger partial charge in [0.05, 0.1) is 18.4 Å². The number of nitrogens with zero attached hydrogens (tertiary/aromatic N) is 4. The quantitative estimate of drug-likeness (QED) is 0.870. The van der Waals surface area contributed by atoms with Gasteiger partial charge in [-0.3, -0.25) is 14.5 Å². The topological polar surface area (TPSA) is 70.5 Å². The molecule has 2 heterocycles. The van der Waals surface area contributed by atoms with Crippen LogP contribution < -0.4 is 15.8 Å². The highest BCUT2D eigenvalue weighted by Crippen LogP contribution is 2.13. The van der Waals surface area contributed by atoms with E-state index in [1.165, 1.54) is 10.2 Å². The first-order valence-corrected chi connectivity index (χ1v) is 8.94. The van der Waals surface area contributed by atoms with Crippen LogP contribution in [0, 0.1) is 0 Å². The van der Waals surface area contributed by atoms with E-state index in [0.717, 1.165) is 44.0 Å². The summed E-state index contributed by atoms with van der Waals surface area (Å²) in [5.41, 5.74) is 2.81. The number of aromatic nitrogens is 2. The minimum Gasteiger partial charge on any atom is -0.368 e. The molecule has 138 valence electrons. The first kappa shape index (κ1) is 18.1. The highest BCUT2D eigenvalue weighted by atomic mass is 16.2. The summed E-state index contributed by atoms with van der Waals surface area (Å²) in [6.07, 6.45) is 2.70. The number of piperazine rings is 1. The fourth-order valence-corrected chi connectivity index (χ4v) is 3.02. The number of rotatable bonds is 5. The molecule has 26 heavy (non-hydrogen) atoms. The Morgan fingerprint density at radius 2 is 1.85 bits per heavy atom. The first-order chi connectivity index (χ1) is 12.5. The third kappa shape index (κ3) is 4.49. The lowest BCUT2D eigenvalue weighted by atomic mass is 10.1. The van der Waals surface area contributed by atoms with Crippen LogP contribution in [-0.2, 0) is 18.3 Å². The summed E-state index contributed by atoms with van der Waals surface area (Å²) in [5.74, 6) is -0.00190. The molecule has 7 heteroatoms. The smallest absolute Gasteiger partial charge is 0.268 e. The lowest BCUT2D eigenvalue weighted by molar-refractivity contribution is -0.117. The molecule has 0 aliphatic carbocycles. The summed E-state index contributed by atoms with van der Waals surface area (Å²) in [5, 5.41) is 7.01. The first-order valence-electron chi connectivity index (χ1n) is 8.94. The van der Waals surface area contributed by atoms with Crippen molar-refractivity contribution in [2.24, 2.45) is 7.05 Å². The molecule has 0 bridgehead atoms.